The molecule has 1 aromatic rings. The van der Waals surface area contributed by atoms with Crippen LogP contribution in [-0.2, 0) is 4.74 Å². The highest BCUT2D eigenvalue weighted by molar-refractivity contribution is 6.33. The van der Waals surface area contributed by atoms with Gasteiger partial charge in [-0.1, -0.05) is 11.6 Å². The van der Waals surface area contributed by atoms with Crippen molar-refractivity contribution in [1.29, 1.82) is 5.26 Å². The highest BCUT2D eigenvalue weighted by Crippen LogP contribution is 2.24. The number of halogens is 1. The smallest absolute Gasteiger partial charge is 0.0992 e. The maximum absolute atomic E-state index is 8.83. The second-order valence-electron chi connectivity index (χ2n) is 4.24. The number of benzene rings is 1. The molecule has 0 radical (unpaired) electrons. The molecule has 1 aliphatic heterocycles. The van der Waals surface area contributed by atoms with Crippen molar-refractivity contribution in [2.45, 2.75) is 12.8 Å². The van der Waals surface area contributed by atoms with E-state index in [1.165, 1.54) is 0 Å². The number of ether oxygens (including phenoxy) is 1. The van der Waals surface area contributed by atoms with E-state index < -0.39 is 0 Å². The van der Waals surface area contributed by atoms with Gasteiger partial charge in [0.1, 0.15) is 0 Å². The minimum Gasteiger partial charge on any atom is -0.384 e. The monoisotopic (exact) mass is 250 g/mol. The van der Waals surface area contributed by atoms with Gasteiger partial charge in [0.25, 0.3) is 0 Å². The second-order valence-corrected chi connectivity index (χ2v) is 4.65. The fraction of sp³-hybridized carbons (Fsp3) is 0.462. The van der Waals surface area contributed by atoms with Crippen molar-refractivity contribution in [3.05, 3.63) is 28.8 Å². The molecule has 0 spiro atoms. The topological polar surface area (TPSA) is 45.0 Å². The quantitative estimate of drug-likeness (QED) is 0.897. The number of nitriles is 1. The van der Waals surface area contributed by atoms with Gasteiger partial charge in [0.15, 0.2) is 0 Å². The number of hydrogen-bond donors (Lipinski definition) is 1. The Morgan fingerprint density at radius 2 is 2.18 bits per heavy atom. The Labute approximate surface area is 106 Å². The molecule has 90 valence electrons. The average molecular weight is 251 g/mol. The summed E-state index contributed by atoms with van der Waals surface area (Å²) in [6, 6.07) is 7.39. The summed E-state index contributed by atoms with van der Waals surface area (Å²) >= 11 is 6.07. The minimum absolute atomic E-state index is 0.629. The van der Waals surface area contributed by atoms with E-state index >= 15 is 0 Å². The summed E-state index contributed by atoms with van der Waals surface area (Å²) in [5, 5.41) is 12.8. The van der Waals surface area contributed by atoms with Crippen molar-refractivity contribution in [3.8, 4) is 6.07 Å². The summed E-state index contributed by atoms with van der Waals surface area (Å²) in [5.41, 5.74) is 1.47. The highest BCUT2D eigenvalue weighted by Gasteiger charge is 2.13. The standard InChI is InChI=1S/C13H15ClN2O/c14-12-2-1-11(8-15)7-13(12)16-9-10-3-5-17-6-4-10/h1-2,7,10,16H,3-6,9H2. The highest BCUT2D eigenvalue weighted by atomic mass is 35.5. The SMILES string of the molecule is N#Cc1ccc(Cl)c(NCC2CCOCC2)c1. The van der Waals surface area contributed by atoms with Crippen LogP contribution >= 0.6 is 11.6 Å². The van der Waals surface area contributed by atoms with Gasteiger partial charge in [0.05, 0.1) is 22.3 Å². The van der Waals surface area contributed by atoms with Gasteiger partial charge < -0.3 is 10.1 Å². The zero-order valence-electron chi connectivity index (χ0n) is 9.58. The molecular weight excluding hydrogens is 236 g/mol. The predicted molar refractivity (Wildman–Crippen MR) is 68.2 cm³/mol. The van der Waals surface area contributed by atoms with Gasteiger partial charge in [-0.05, 0) is 37.0 Å². The molecule has 0 amide bonds. The van der Waals surface area contributed by atoms with E-state index in [1.54, 1.807) is 18.2 Å². The van der Waals surface area contributed by atoms with Crippen molar-refractivity contribution in [3.63, 3.8) is 0 Å². The fourth-order valence-electron chi connectivity index (χ4n) is 1.94. The van der Waals surface area contributed by atoms with E-state index in [9.17, 15) is 0 Å². The molecule has 0 aromatic heterocycles. The van der Waals surface area contributed by atoms with Crippen LogP contribution in [0.15, 0.2) is 18.2 Å². The molecule has 1 heterocycles. The average Bonchev–Trinajstić information content (AvgIpc) is 2.39. The first-order valence-electron chi connectivity index (χ1n) is 5.81. The summed E-state index contributed by atoms with van der Waals surface area (Å²) < 4.78 is 5.32. The van der Waals surface area contributed by atoms with Gasteiger partial charge >= 0.3 is 0 Å². The Kier molecular flexibility index (Phi) is 4.24. The number of rotatable bonds is 3. The third-order valence-corrected chi connectivity index (χ3v) is 3.35. The minimum atomic E-state index is 0.629. The van der Waals surface area contributed by atoms with E-state index in [1.807, 2.05) is 0 Å². The lowest BCUT2D eigenvalue weighted by atomic mass is 10.0. The Morgan fingerprint density at radius 1 is 1.41 bits per heavy atom. The lowest BCUT2D eigenvalue weighted by Gasteiger charge is -2.23. The summed E-state index contributed by atoms with van der Waals surface area (Å²) in [5.74, 6) is 0.630. The van der Waals surface area contributed by atoms with Crippen LogP contribution in [-0.4, -0.2) is 19.8 Å². The first-order valence-corrected chi connectivity index (χ1v) is 6.18. The summed E-state index contributed by atoms with van der Waals surface area (Å²) in [6.45, 7) is 2.58. The van der Waals surface area contributed by atoms with Crippen molar-refractivity contribution < 1.29 is 4.74 Å². The molecule has 1 fully saturated rings. The fourth-order valence-corrected chi connectivity index (χ4v) is 2.12. The van der Waals surface area contributed by atoms with Gasteiger partial charge in [-0.2, -0.15) is 5.26 Å². The van der Waals surface area contributed by atoms with Crippen molar-refractivity contribution in [1.82, 2.24) is 0 Å². The first kappa shape index (κ1) is 12.2. The van der Waals surface area contributed by atoms with Crippen LogP contribution < -0.4 is 5.32 Å². The molecular formula is C13H15ClN2O. The molecule has 2 rings (SSSR count). The normalized spacial score (nSPS) is 16.5. The Bertz CT molecular complexity index is 422. The van der Waals surface area contributed by atoms with E-state index in [2.05, 4.69) is 11.4 Å². The predicted octanol–water partition coefficient (Wildman–Crippen LogP) is 3.05. The lowest BCUT2D eigenvalue weighted by molar-refractivity contribution is 0.0699. The van der Waals surface area contributed by atoms with Crippen LogP contribution in [0.5, 0.6) is 0 Å². The molecule has 0 unspecified atom stereocenters. The van der Waals surface area contributed by atoms with E-state index in [0.29, 0.717) is 16.5 Å². The van der Waals surface area contributed by atoms with Crippen molar-refractivity contribution >= 4 is 17.3 Å². The van der Waals surface area contributed by atoms with Crippen LogP contribution in [0.2, 0.25) is 5.02 Å². The van der Waals surface area contributed by atoms with E-state index in [0.717, 1.165) is 38.3 Å². The maximum Gasteiger partial charge on any atom is 0.0992 e. The molecule has 1 saturated heterocycles. The molecule has 0 saturated carbocycles. The second kappa shape index (κ2) is 5.90. The zero-order valence-corrected chi connectivity index (χ0v) is 10.3. The summed E-state index contributed by atoms with van der Waals surface area (Å²) in [7, 11) is 0. The first-order chi connectivity index (χ1) is 8.29. The third-order valence-electron chi connectivity index (χ3n) is 3.02. The Hall–Kier alpha value is -1.24. The molecule has 1 aliphatic rings. The van der Waals surface area contributed by atoms with Crippen LogP contribution in [0.3, 0.4) is 0 Å². The van der Waals surface area contributed by atoms with Crippen molar-refractivity contribution in [2.24, 2.45) is 5.92 Å². The van der Waals surface area contributed by atoms with Crippen LogP contribution in [0.25, 0.3) is 0 Å². The number of hydrogen-bond acceptors (Lipinski definition) is 3. The molecule has 0 aliphatic carbocycles. The van der Waals surface area contributed by atoms with Crippen molar-refractivity contribution in [2.75, 3.05) is 25.1 Å². The van der Waals surface area contributed by atoms with Crippen LogP contribution in [0.1, 0.15) is 18.4 Å². The zero-order chi connectivity index (χ0) is 12.1. The van der Waals surface area contributed by atoms with Gasteiger partial charge in [-0.3, -0.25) is 0 Å². The van der Waals surface area contributed by atoms with Crippen LogP contribution in [0, 0.1) is 17.2 Å². The van der Waals surface area contributed by atoms with E-state index in [-0.39, 0.29) is 0 Å². The summed E-state index contributed by atoms with van der Waals surface area (Å²) in [6.07, 6.45) is 2.17. The number of nitrogens with one attached hydrogen (secondary N) is 1. The molecule has 0 bridgehead atoms. The maximum atomic E-state index is 8.83. The van der Waals surface area contributed by atoms with Gasteiger partial charge in [0, 0.05) is 19.8 Å². The molecule has 1 aromatic carbocycles. The number of anilines is 1. The molecule has 4 heteroatoms. The van der Waals surface area contributed by atoms with Gasteiger partial charge in [0.2, 0.25) is 0 Å². The number of nitrogens with zero attached hydrogens (tertiary/aromatic N) is 1. The molecule has 0 atom stereocenters. The summed E-state index contributed by atoms with van der Waals surface area (Å²) in [4.78, 5) is 0. The van der Waals surface area contributed by atoms with Gasteiger partial charge in [-0.25, -0.2) is 0 Å². The van der Waals surface area contributed by atoms with Crippen LogP contribution in [0.4, 0.5) is 5.69 Å². The Balaban J connectivity index is 1.95. The Morgan fingerprint density at radius 3 is 2.88 bits per heavy atom. The molecule has 17 heavy (non-hydrogen) atoms. The molecule has 1 N–H and O–H groups in total. The lowest BCUT2D eigenvalue weighted by Crippen LogP contribution is -2.22. The third kappa shape index (κ3) is 3.36. The molecule has 3 nitrogen and oxygen atoms in total. The largest absolute Gasteiger partial charge is 0.384 e. The van der Waals surface area contributed by atoms with E-state index in [4.69, 9.17) is 21.6 Å². The van der Waals surface area contributed by atoms with Gasteiger partial charge in [-0.15, -0.1) is 0 Å².